The Kier molecular flexibility index (Phi) is 3.62. The summed E-state index contributed by atoms with van der Waals surface area (Å²) < 4.78 is 26.2. The van der Waals surface area contributed by atoms with Crippen molar-refractivity contribution >= 4 is 31.6 Å². The Morgan fingerprint density at radius 3 is 2.36 bits per heavy atom. The van der Waals surface area contributed by atoms with Crippen LogP contribution in [0.1, 0.15) is 5.69 Å². The SMILES string of the molecule is O=S(=O)(Cc1c2ncccc2c2ccccc2[n+]1[O-])c1ccccc1. The van der Waals surface area contributed by atoms with E-state index in [1.807, 2.05) is 18.2 Å². The first-order chi connectivity index (χ1) is 12.1. The molecule has 4 aromatic rings. The highest BCUT2D eigenvalue weighted by atomic mass is 32.2. The van der Waals surface area contributed by atoms with E-state index in [-0.39, 0.29) is 10.6 Å². The van der Waals surface area contributed by atoms with Crippen molar-refractivity contribution in [3.63, 3.8) is 0 Å². The number of sulfone groups is 1. The zero-order valence-corrected chi connectivity index (χ0v) is 14.0. The molecule has 124 valence electrons. The Morgan fingerprint density at radius 2 is 1.56 bits per heavy atom. The third-order valence-electron chi connectivity index (χ3n) is 4.17. The summed E-state index contributed by atoms with van der Waals surface area (Å²) in [6.07, 6.45) is 1.57. The van der Waals surface area contributed by atoms with Gasteiger partial charge in [0.15, 0.2) is 9.84 Å². The lowest BCUT2D eigenvalue weighted by atomic mass is 10.1. The van der Waals surface area contributed by atoms with E-state index < -0.39 is 15.6 Å². The molecule has 0 radical (unpaired) electrons. The minimum atomic E-state index is -3.66. The summed E-state index contributed by atoms with van der Waals surface area (Å²) in [7, 11) is -3.66. The lowest BCUT2D eigenvalue weighted by molar-refractivity contribution is -0.583. The molecule has 0 unspecified atom stereocenters. The van der Waals surface area contributed by atoms with Gasteiger partial charge in [-0.15, -0.1) is 0 Å². The zero-order chi connectivity index (χ0) is 17.4. The quantitative estimate of drug-likeness (QED) is 0.323. The second kappa shape index (κ2) is 5.82. The third kappa shape index (κ3) is 2.60. The van der Waals surface area contributed by atoms with Crippen molar-refractivity contribution in [1.29, 1.82) is 0 Å². The van der Waals surface area contributed by atoms with Crippen molar-refractivity contribution in [2.75, 3.05) is 0 Å². The fourth-order valence-corrected chi connectivity index (χ4v) is 4.34. The molecule has 2 aromatic carbocycles. The summed E-state index contributed by atoms with van der Waals surface area (Å²) in [5.41, 5.74) is 0.982. The van der Waals surface area contributed by atoms with Crippen molar-refractivity contribution in [2.45, 2.75) is 10.6 Å². The zero-order valence-electron chi connectivity index (χ0n) is 13.2. The standard InChI is InChI=1S/C19H14N2O3S/c22-21-17-11-5-4-9-15(17)16-10-6-12-20-19(16)18(21)13-25(23,24)14-7-2-1-3-8-14/h1-12H,13H2. The molecule has 2 aromatic heterocycles. The first kappa shape index (κ1) is 15.5. The van der Waals surface area contributed by atoms with E-state index in [1.54, 1.807) is 42.6 Å². The molecule has 0 aliphatic carbocycles. The predicted octanol–water partition coefficient (Wildman–Crippen LogP) is 3.00. The van der Waals surface area contributed by atoms with Gasteiger partial charge in [0.2, 0.25) is 11.2 Å². The second-order valence-corrected chi connectivity index (χ2v) is 7.72. The summed E-state index contributed by atoms with van der Waals surface area (Å²) in [6, 6.07) is 18.9. The van der Waals surface area contributed by atoms with Gasteiger partial charge in [-0.2, -0.15) is 4.73 Å². The van der Waals surface area contributed by atoms with Gasteiger partial charge in [0.1, 0.15) is 11.3 Å². The largest absolute Gasteiger partial charge is 0.618 e. The number of nitrogens with zero attached hydrogens (tertiary/aromatic N) is 2. The molecule has 2 heterocycles. The fourth-order valence-electron chi connectivity index (χ4n) is 2.99. The summed E-state index contributed by atoms with van der Waals surface area (Å²) in [4.78, 5) is 4.47. The van der Waals surface area contributed by atoms with Crippen LogP contribution in [0.25, 0.3) is 21.8 Å². The number of hydrogen-bond donors (Lipinski definition) is 0. The van der Waals surface area contributed by atoms with Crippen LogP contribution in [0.2, 0.25) is 0 Å². The van der Waals surface area contributed by atoms with Gasteiger partial charge in [-0.3, -0.25) is 0 Å². The highest BCUT2D eigenvalue weighted by Crippen LogP contribution is 2.25. The van der Waals surface area contributed by atoms with Crippen molar-refractivity contribution in [3.05, 3.63) is 83.8 Å². The van der Waals surface area contributed by atoms with Crippen LogP contribution in [0.3, 0.4) is 0 Å². The van der Waals surface area contributed by atoms with Crippen LogP contribution < -0.4 is 4.73 Å². The number of hydrogen-bond acceptors (Lipinski definition) is 4. The molecular formula is C19H14N2O3S. The minimum absolute atomic E-state index is 0.137. The minimum Gasteiger partial charge on any atom is -0.618 e. The van der Waals surface area contributed by atoms with Crippen molar-refractivity contribution < 1.29 is 13.1 Å². The van der Waals surface area contributed by atoms with Crippen LogP contribution >= 0.6 is 0 Å². The molecule has 0 bridgehead atoms. The molecule has 0 N–H and O–H groups in total. The van der Waals surface area contributed by atoms with Crippen LogP contribution in [-0.4, -0.2) is 13.4 Å². The summed E-state index contributed by atoms with van der Waals surface area (Å²) in [5, 5.41) is 14.4. The Hall–Kier alpha value is -2.99. The summed E-state index contributed by atoms with van der Waals surface area (Å²) >= 11 is 0. The maximum Gasteiger partial charge on any atom is 0.235 e. The van der Waals surface area contributed by atoms with Gasteiger partial charge in [-0.05, 0) is 24.3 Å². The fraction of sp³-hybridized carbons (Fsp3) is 0.0526. The monoisotopic (exact) mass is 350 g/mol. The number of benzene rings is 2. The Labute approximate surface area is 144 Å². The van der Waals surface area contributed by atoms with Crippen LogP contribution in [0.5, 0.6) is 0 Å². The molecule has 0 aliphatic rings. The molecule has 25 heavy (non-hydrogen) atoms. The Bertz CT molecular complexity index is 1190. The van der Waals surface area contributed by atoms with Crippen LogP contribution in [0.15, 0.2) is 77.8 Å². The average molecular weight is 350 g/mol. The highest BCUT2D eigenvalue weighted by Gasteiger charge is 2.25. The van der Waals surface area contributed by atoms with E-state index in [2.05, 4.69) is 4.98 Å². The Morgan fingerprint density at radius 1 is 0.880 bits per heavy atom. The molecule has 0 fully saturated rings. The number of rotatable bonds is 3. The Balaban J connectivity index is 1.99. The maximum absolute atomic E-state index is 12.9. The molecule has 4 rings (SSSR count). The molecule has 0 atom stereocenters. The molecule has 0 saturated heterocycles. The second-order valence-electron chi connectivity index (χ2n) is 5.73. The third-order valence-corrected chi connectivity index (χ3v) is 5.81. The number of pyridine rings is 2. The van der Waals surface area contributed by atoms with E-state index in [1.165, 1.54) is 12.1 Å². The van der Waals surface area contributed by atoms with Crippen LogP contribution in [0, 0.1) is 5.21 Å². The van der Waals surface area contributed by atoms with Gasteiger partial charge in [-0.1, -0.05) is 36.4 Å². The maximum atomic E-state index is 12.9. The molecule has 6 heteroatoms. The number of para-hydroxylation sites is 1. The van der Waals surface area contributed by atoms with E-state index in [0.29, 0.717) is 15.8 Å². The van der Waals surface area contributed by atoms with Gasteiger partial charge in [0.25, 0.3) is 0 Å². The van der Waals surface area contributed by atoms with E-state index >= 15 is 0 Å². The molecule has 0 spiro atoms. The smallest absolute Gasteiger partial charge is 0.235 e. The van der Waals surface area contributed by atoms with Crippen molar-refractivity contribution in [3.8, 4) is 0 Å². The first-order valence-corrected chi connectivity index (χ1v) is 9.39. The van der Waals surface area contributed by atoms with Gasteiger partial charge < -0.3 is 5.21 Å². The number of fused-ring (bicyclic) bond motifs is 3. The lowest BCUT2D eigenvalue weighted by Crippen LogP contribution is -2.34. The van der Waals surface area contributed by atoms with Gasteiger partial charge in [-0.25, -0.2) is 13.4 Å². The highest BCUT2D eigenvalue weighted by molar-refractivity contribution is 7.90. The van der Waals surface area contributed by atoms with Gasteiger partial charge in [0.05, 0.1) is 10.3 Å². The van der Waals surface area contributed by atoms with Gasteiger partial charge in [0, 0.05) is 17.6 Å². The van der Waals surface area contributed by atoms with Crippen molar-refractivity contribution in [1.82, 2.24) is 4.98 Å². The first-order valence-electron chi connectivity index (χ1n) is 7.73. The average Bonchev–Trinajstić information content (AvgIpc) is 2.66. The molecule has 0 amide bonds. The molecular weight excluding hydrogens is 336 g/mol. The van der Waals surface area contributed by atoms with E-state index in [0.717, 1.165) is 10.8 Å². The lowest BCUT2D eigenvalue weighted by Gasteiger charge is -2.11. The van der Waals surface area contributed by atoms with Crippen LogP contribution in [0.4, 0.5) is 0 Å². The molecule has 0 aliphatic heterocycles. The van der Waals surface area contributed by atoms with Crippen LogP contribution in [-0.2, 0) is 15.6 Å². The topological polar surface area (TPSA) is 74.0 Å². The normalized spacial score (nSPS) is 11.8. The summed E-state index contributed by atoms with van der Waals surface area (Å²) in [6.45, 7) is 0. The van der Waals surface area contributed by atoms with Gasteiger partial charge >= 0.3 is 0 Å². The van der Waals surface area contributed by atoms with Crippen molar-refractivity contribution in [2.24, 2.45) is 0 Å². The molecule has 5 nitrogen and oxygen atoms in total. The molecule has 0 saturated carbocycles. The van der Waals surface area contributed by atoms with E-state index in [4.69, 9.17) is 0 Å². The number of aromatic nitrogens is 2. The summed E-state index contributed by atoms with van der Waals surface area (Å²) in [5.74, 6) is -0.404. The van der Waals surface area contributed by atoms with E-state index in [9.17, 15) is 13.6 Å². The predicted molar refractivity (Wildman–Crippen MR) is 95.5 cm³/mol.